The lowest BCUT2D eigenvalue weighted by Crippen LogP contribution is -2.48. The summed E-state index contributed by atoms with van der Waals surface area (Å²) in [5.74, 6) is 1.23. The molecule has 5 nitrogen and oxygen atoms in total. The third-order valence-electron chi connectivity index (χ3n) is 5.55. The fraction of sp³-hybridized carbons (Fsp3) is 0.684. The largest absolute Gasteiger partial charge is 0.354 e. The van der Waals surface area contributed by atoms with Crippen LogP contribution in [-0.4, -0.2) is 39.5 Å². The number of carbonyl (C=O) groups is 1. The molecule has 0 radical (unpaired) electrons. The third kappa shape index (κ3) is 3.72. The Hall–Kier alpha value is -1.62. The number of allylic oxidation sites excluding steroid dienone is 1. The topological polar surface area (TPSA) is 50.2 Å². The molecule has 1 N–H and O–H groups in total. The summed E-state index contributed by atoms with van der Waals surface area (Å²) >= 11 is 0. The number of imidazole rings is 1. The van der Waals surface area contributed by atoms with Gasteiger partial charge in [0.2, 0.25) is 5.91 Å². The molecule has 0 saturated heterocycles. The van der Waals surface area contributed by atoms with Crippen LogP contribution in [0.2, 0.25) is 0 Å². The monoisotopic (exact) mass is 330 g/mol. The average Bonchev–Trinajstić information content (AvgIpc) is 2.89. The van der Waals surface area contributed by atoms with Crippen molar-refractivity contribution in [3.05, 3.63) is 28.9 Å². The molecule has 0 fully saturated rings. The molecule has 2 heterocycles. The minimum Gasteiger partial charge on any atom is -0.354 e. The molecular weight excluding hydrogens is 300 g/mol. The summed E-state index contributed by atoms with van der Waals surface area (Å²) in [7, 11) is 0. The summed E-state index contributed by atoms with van der Waals surface area (Å²) < 4.78 is 2.28. The highest BCUT2D eigenvalue weighted by Gasteiger charge is 2.27. The van der Waals surface area contributed by atoms with Gasteiger partial charge in [-0.15, -0.1) is 0 Å². The van der Waals surface area contributed by atoms with E-state index in [2.05, 4.69) is 39.7 Å². The van der Waals surface area contributed by atoms with E-state index in [-0.39, 0.29) is 11.9 Å². The molecule has 24 heavy (non-hydrogen) atoms. The van der Waals surface area contributed by atoms with E-state index in [9.17, 15) is 4.79 Å². The van der Waals surface area contributed by atoms with Crippen molar-refractivity contribution in [2.45, 2.75) is 72.0 Å². The van der Waals surface area contributed by atoms with Crippen LogP contribution in [-0.2, 0) is 17.9 Å². The Morgan fingerprint density at radius 3 is 2.92 bits per heavy atom. The van der Waals surface area contributed by atoms with Gasteiger partial charge in [0.05, 0.1) is 18.3 Å². The second kappa shape index (κ2) is 7.51. The van der Waals surface area contributed by atoms with E-state index in [0.717, 1.165) is 44.1 Å². The molecule has 1 atom stereocenters. The van der Waals surface area contributed by atoms with Crippen LogP contribution in [0.1, 0.15) is 56.2 Å². The van der Waals surface area contributed by atoms with Crippen molar-refractivity contribution in [1.29, 1.82) is 0 Å². The van der Waals surface area contributed by atoms with E-state index in [1.54, 1.807) is 0 Å². The SMILES string of the molecule is Cc1nc2n(c1C)CCN([C@@H](C)C(=O)NCCC1=CCCCC1)C2. The van der Waals surface area contributed by atoms with Crippen LogP contribution in [0.5, 0.6) is 0 Å². The van der Waals surface area contributed by atoms with Gasteiger partial charge < -0.3 is 9.88 Å². The number of amides is 1. The quantitative estimate of drug-likeness (QED) is 0.845. The maximum absolute atomic E-state index is 12.5. The summed E-state index contributed by atoms with van der Waals surface area (Å²) in [5.41, 5.74) is 3.87. The molecule has 1 aromatic heterocycles. The second-order valence-corrected chi connectivity index (χ2v) is 7.15. The number of fused-ring (bicyclic) bond motifs is 1. The Morgan fingerprint density at radius 2 is 2.17 bits per heavy atom. The zero-order chi connectivity index (χ0) is 17.1. The highest BCUT2D eigenvalue weighted by Crippen LogP contribution is 2.20. The fourth-order valence-corrected chi connectivity index (χ4v) is 3.75. The normalized spacial score (nSPS) is 19.5. The van der Waals surface area contributed by atoms with Crippen LogP contribution in [0, 0.1) is 13.8 Å². The molecule has 132 valence electrons. The number of aryl methyl sites for hydroxylation is 1. The minimum atomic E-state index is -0.101. The summed E-state index contributed by atoms with van der Waals surface area (Å²) in [5, 5.41) is 3.12. The van der Waals surface area contributed by atoms with Crippen LogP contribution in [0.25, 0.3) is 0 Å². The third-order valence-corrected chi connectivity index (χ3v) is 5.55. The van der Waals surface area contributed by atoms with E-state index >= 15 is 0 Å². The van der Waals surface area contributed by atoms with Crippen molar-refractivity contribution < 1.29 is 4.79 Å². The highest BCUT2D eigenvalue weighted by atomic mass is 16.2. The molecular formula is C19H30N4O. The smallest absolute Gasteiger partial charge is 0.237 e. The van der Waals surface area contributed by atoms with Crippen molar-refractivity contribution in [1.82, 2.24) is 19.8 Å². The standard InChI is InChI=1S/C19H30N4O/c1-14-15(2)23-12-11-22(13-18(23)21-14)16(3)19(24)20-10-9-17-7-5-4-6-8-17/h7,16H,4-6,8-13H2,1-3H3,(H,20,24)/t16-/m0/s1. The highest BCUT2D eigenvalue weighted by molar-refractivity contribution is 5.81. The van der Waals surface area contributed by atoms with E-state index in [1.165, 1.54) is 37.0 Å². The number of nitrogens with zero attached hydrogens (tertiary/aromatic N) is 3. The van der Waals surface area contributed by atoms with Gasteiger partial charge in [0, 0.05) is 25.3 Å². The molecule has 0 bridgehead atoms. The van der Waals surface area contributed by atoms with Gasteiger partial charge >= 0.3 is 0 Å². The lowest BCUT2D eigenvalue weighted by molar-refractivity contribution is -0.126. The van der Waals surface area contributed by atoms with Gasteiger partial charge in [-0.05, 0) is 52.9 Å². The average molecular weight is 330 g/mol. The number of hydrogen-bond acceptors (Lipinski definition) is 3. The predicted molar refractivity (Wildman–Crippen MR) is 95.8 cm³/mol. The number of aromatic nitrogens is 2. The first-order valence-corrected chi connectivity index (χ1v) is 9.28. The van der Waals surface area contributed by atoms with Crippen molar-refractivity contribution in [2.75, 3.05) is 13.1 Å². The molecule has 1 aliphatic heterocycles. The maximum atomic E-state index is 12.5. The maximum Gasteiger partial charge on any atom is 0.237 e. The van der Waals surface area contributed by atoms with E-state index in [0.29, 0.717) is 0 Å². The molecule has 0 aromatic carbocycles. The van der Waals surface area contributed by atoms with Crippen LogP contribution in [0.15, 0.2) is 11.6 Å². The van der Waals surface area contributed by atoms with Crippen molar-refractivity contribution >= 4 is 5.91 Å². The Balaban J connectivity index is 1.50. The van der Waals surface area contributed by atoms with Gasteiger partial charge in [-0.25, -0.2) is 4.98 Å². The fourth-order valence-electron chi connectivity index (χ4n) is 3.75. The van der Waals surface area contributed by atoms with Gasteiger partial charge in [-0.3, -0.25) is 9.69 Å². The molecule has 0 spiro atoms. The Morgan fingerprint density at radius 1 is 1.33 bits per heavy atom. The zero-order valence-electron chi connectivity index (χ0n) is 15.3. The molecule has 3 rings (SSSR count). The zero-order valence-corrected chi connectivity index (χ0v) is 15.3. The van der Waals surface area contributed by atoms with Crippen molar-refractivity contribution in [2.24, 2.45) is 0 Å². The van der Waals surface area contributed by atoms with E-state index in [1.807, 2.05) is 6.92 Å². The van der Waals surface area contributed by atoms with Gasteiger partial charge in [-0.1, -0.05) is 11.6 Å². The number of hydrogen-bond donors (Lipinski definition) is 1. The van der Waals surface area contributed by atoms with Crippen LogP contribution >= 0.6 is 0 Å². The Kier molecular flexibility index (Phi) is 5.39. The van der Waals surface area contributed by atoms with Gasteiger partial charge in [0.1, 0.15) is 5.82 Å². The summed E-state index contributed by atoms with van der Waals surface area (Å²) in [6.07, 6.45) is 8.39. The number of nitrogens with one attached hydrogen (secondary N) is 1. The molecule has 0 saturated carbocycles. The van der Waals surface area contributed by atoms with Crippen LogP contribution < -0.4 is 5.32 Å². The number of rotatable bonds is 5. The minimum absolute atomic E-state index is 0.101. The molecule has 1 aromatic rings. The summed E-state index contributed by atoms with van der Waals surface area (Å²) in [4.78, 5) is 19.3. The molecule has 5 heteroatoms. The van der Waals surface area contributed by atoms with Crippen molar-refractivity contribution in [3.8, 4) is 0 Å². The Labute approximate surface area is 145 Å². The van der Waals surface area contributed by atoms with Gasteiger partial charge in [0.25, 0.3) is 0 Å². The first-order valence-electron chi connectivity index (χ1n) is 9.28. The number of carbonyl (C=O) groups excluding carboxylic acids is 1. The van der Waals surface area contributed by atoms with Crippen LogP contribution in [0.3, 0.4) is 0 Å². The molecule has 0 unspecified atom stereocenters. The lowest BCUT2D eigenvalue weighted by atomic mass is 9.97. The lowest BCUT2D eigenvalue weighted by Gasteiger charge is -2.32. The van der Waals surface area contributed by atoms with E-state index < -0.39 is 0 Å². The van der Waals surface area contributed by atoms with E-state index in [4.69, 9.17) is 0 Å². The van der Waals surface area contributed by atoms with Crippen molar-refractivity contribution in [3.63, 3.8) is 0 Å². The first kappa shape index (κ1) is 17.2. The van der Waals surface area contributed by atoms with Crippen LogP contribution in [0.4, 0.5) is 0 Å². The summed E-state index contributed by atoms with van der Waals surface area (Å²) in [6.45, 7) is 9.53. The molecule has 2 aliphatic rings. The molecule has 1 amide bonds. The molecule has 1 aliphatic carbocycles. The first-order chi connectivity index (χ1) is 11.6. The predicted octanol–water partition coefficient (Wildman–Crippen LogP) is 2.71. The summed E-state index contributed by atoms with van der Waals surface area (Å²) in [6, 6.07) is -0.101. The Bertz CT molecular complexity index is 632. The second-order valence-electron chi connectivity index (χ2n) is 7.15. The van der Waals surface area contributed by atoms with Gasteiger partial charge in [0.15, 0.2) is 0 Å². The van der Waals surface area contributed by atoms with Gasteiger partial charge in [-0.2, -0.15) is 0 Å².